The molecule has 1 saturated heterocycles. The first-order chi connectivity index (χ1) is 7.79. The van der Waals surface area contributed by atoms with Gasteiger partial charge in [0.15, 0.2) is 0 Å². The molecule has 1 heterocycles. The number of nitrogens with zero attached hydrogens (tertiary/aromatic N) is 2. The second-order valence-electron chi connectivity index (χ2n) is 4.01. The summed E-state index contributed by atoms with van der Waals surface area (Å²) in [4.78, 5) is 4.64. The fraction of sp³-hybridized carbons (Fsp3) is 0.455. The molecule has 0 aliphatic carbocycles. The molecular weight excluding hydrogens is 203 g/mol. The molecule has 1 N–H and O–H groups in total. The molecule has 16 heavy (non-hydrogen) atoms. The van der Waals surface area contributed by atoms with E-state index in [2.05, 4.69) is 22.9 Å². The third-order valence-electron chi connectivity index (χ3n) is 2.87. The molecule has 0 atom stereocenters. The standard InChI is InChI=1S/C11H16BN2O2/c1-13-5-7-14(8-6-13)10-3-2-4-11(9-10)16-12-15/h2-4,9,15H,5-8H2,1H3. The normalized spacial score (nSPS) is 17.2. The summed E-state index contributed by atoms with van der Waals surface area (Å²) in [7, 11) is 2.85. The monoisotopic (exact) mass is 219 g/mol. The maximum atomic E-state index is 8.59. The van der Waals surface area contributed by atoms with E-state index < -0.39 is 0 Å². The van der Waals surface area contributed by atoms with Crippen molar-refractivity contribution < 1.29 is 9.68 Å². The maximum absolute atomic E-state index is 8.59. The summed E-state index contributed by atoms with van der Waals surface area (Å²) in [5.41, 5.74) is 1.15. The van der Waals surface area contributed by atoms with Gasteiger partial charge in [-0.3, -0.25) is 0 Å². The summed E-state index contributed by atoms with van der Waals surface area (Å²) in [6, 6.07) is 7.77. The molecule has 0 saturated carbocycles. The van der Waals surface area contributed by atoms with E-state index >= 15 is 0 Å². The van der Waals surface area contributed by atoms with Gasteiger partial charge in [0.2, 0.25) is 0 Å². The van der Waals surface area contributed by atoms with Gasteiger partial charge >= 0.3 is 7.69 Å². The van der Waals surface area contributed by atoms with Crippen molar-refractivity contribution in [3.63, 3.8) is 0 Å². The molecule has 85 valence electrons. The van der Waals surface area contributed by atoms with E-state index in [1.165, 1.54) is 0 Å². The van der Waals surface area contributed by atoms with E-state index in [1.54, 1.807) is 0 Å². The van der Waals surface area contributed by atoms with Gasteiger partial charge in [-0.2, -0.15) is 0 Å². The van der Waals surface area contributed by atoms with Crippen molar-refractivity contribution in [2.75, 3.05) is 38.1 Å². The molecule has 0 unspecified atom stereocenters. The minimum atomic E-state index is 0.666. The van der Waals surface area contributed by atoms with E-state index in [0.717, 1.165) is 31.9 Å². The Kier molecular flexibility index (Phi) is 3.69. The van der Waals surface area contributed by atoms with E-state index in [-0.39, 0.29) is 0 Å². The Morgan fingerprint density at radius 1 is 1.25 bits per heavy atom. The largest absolute Gasteiger partial charge is 0.569 e. The van der Waals surface area contributed by atoms with Gasteiger partial charge in [-0.25, -0.2) is 0 Å². The predicted molar refractivity (Wildman–Crippen MR) is 64.8 cm³/mol. The zero-order chi connectivity index (χ0) is 11.4. The third-order valence-corrected chi connectivity index (χ3v) is 2.87. The molecule has 0 amide bonds. The van der Waals surface area contributed by atoms with Gasteiger partial charge in [0.25, 0.3) is 0 Å². The van der Waals surface area contributed by atoms with Gasteiger partial charge in [-0.05, 0) is 19.2 Å². The van der Waals surface area contributed by atoms with Crippen LogP contribution in [-0.2, 0) is 0 Å². The van der Waals surface area contributed by atoms with Crippen LogP contribution in [-0.4, -0.2) is 50.8 Å². The van der Waals surface area contributed by atoms with E-state index in [0.29, 0.717) is 13.4 Å². The Morgan fingerprint density at radius 3 is 2.69 bits per heavy atom. The molecule has 1 aliphatic heterocycles. The second-order valence-corrected chi connectivity index (χ2v) is 4.01. The van der Waals surface area contributed by atoms with Crippen LogP contribution in [0.1, 0.15) is 0 Å². The highest BCUT2D eigenvalue weighted by molar-refractivity contribution is 6.17. The van der Waals surface area contributed by atoms with Crippen LogP contribution in [0.25, 0.3) is 0 Å². The van der Waals surface area contributed by atoms with Crippen molar-refractivity contribution in [2.24, 2.45) is 0 Å². The second kappa shape index (κ2) is 5.23. The van der Waals surface area contributed by atoms with Crippen molar-refractivity contribution in [3.05, 3.63) is 24.3 Å². The van der Waals surface area contributed by atoms with Gasteiger partial charge in [0, 0.05) is 37.9 Å². The summed E-state index contributed by atoms with van der Waals surface area (Å²) in [6.07, 6.45) is 0. The van der Waals surface area contributed by atoms with Gasteiger partial charge < -0.3 is 19.5 Å². The third kappa shape index (κ3) is 2.68. The molecule has 4 nitrogen and oxygen atoms in total. The molecule has 0 spiro atoms. The van der Waals surface area contributed by atoms with Crippen LogP contribution in [0.5, 0.6) is 5.75 Å². The fourth-order valence-electron chi connectivity index (χ4n) is 1.88. The fourth-order valence-corrected chi connectivity index (χ4v) is 1.88. The first kappa shape index (κ1) is 11.3. The Labute approximate surface area is 96.7 Å². The molecule has 0 bridgehead atoms. The van der Waals surface area contributed by atoms with Crippen molar-refractivity contribution in [2.45, 2.75) is 0 Å². The Bertz CT molecular complexity index is 341. The summed E-state index contributed by atoms with van der Waals surface area (Å²) in [5.74, 6) is 0.666. The van der Waals surface area contributed by atoms with Gasteiger partial charge in [-0.15, -0.1) is 0 Å². The number of likely N-dealkylation sites (N-methyl/N-ethyl adjacent to an activating group) is 1. The highest BCUT2D eigenvalue weighted by Gasteiger charge is 2.14. The van der Waals surface area contributed by atoms with Crippen LogP contribution in [0.15, 0.2) is 24.3 Å². The smallest absolute Gasteiger partial charge is 0.537 e. The summed E-state index contributed by atoms with van der Waals surface area (Å²) in [5, 5.41) is 8.59. The SMILES string of the molecule is CN1CCN(c2cccc(O[B]O)c2)CC1. The van der Waals surface area contributed by atoms with Crippen LogP contribution < -0.4 is 9.55 Å². The zero-order valence-corrected chi connectivity index (χ0v) is 9.47. The minimum absolute atomic E-state index is 0.666. The highest BCUT2D eigenvalue weighted by atomic mass is 16.5. The van der Waals surface area contributed by atoms with Crippen LogP contribution in [0, 0.1) is 0 Å². The van der Waals surface area contributed by atoms with Crippen LogP contribution in [0.4, 0.5) is 5.69 Å². The predicted octanol–water partition coefficient (Wildman–Crippen LogP) is 0.344. The molecule has 1 fully saturated rings. The molecule has 1 aromatic rings. The number of rotatable bonds is 3. The molecule has 1 aromatic carbocycles. The minimum Gasteiger partial charge on any atom is -0.537 e. The quantitative estimate of drug-likeness (QED) is 0.744. The summed E-state index contributed by atoms with van der Waals surface area (Å²) in [6.45, 7) is 4.22. The maximum Gasteiger partial charge on any atom is 0.569 e. The molecule has 2 rings (SSSR count). The zero-order valence-electron chi connectivity index (χ0n) is 9.47. The number of benzene rings is 1. The molecule has 0 aromatic heterocycles. The first-order valence-electron chi connectivity index (χ1n) is 5.46. The summed E-state index contributed by atoms with van der Waals surface area (Å²) < 4.78 is 4.95. The number of piperazine rings is 1. The van der Waals surface area contributed by atoms with Crippen LogP contribution in [0.3, 0.4) is 0 Å². The van der Waals surface area contributed by atoms with Crippen LogP contribution in [0.2, 0.25) is 0 Å². The van der Waals surface area contributed by atoms with Gasteiger partial charge in [-0.1, -0.05) is 6.07 Å². The van der Waals surface area contributed by atoms with Gasteiger partial charge in [0.1, 0.15) is 5.75 Å². The summed E-state index contributed by atoms with van der Waals surface area (Å²) >= 11 is 0. The number of hydrogen-bond donors (Lipinski definition) is 1. The average Bonchev–Trinajstić information content (AvgIpc) is 2.31. The van der Waals surface area contributed by atoms with Crippen molar-refractivity contribution in [1.29, 1.82) is 0 Å². The molecule has 5 heteroatoms. The number of anilines is 1. The van der Waals surface area contributed by atoms with E-state index in [1.807, 2.05) is 18.2 Å². The lowest BCUT2D eigenvalue weighted by Crippen LogP contribution is -2.44. The lowest BCUT2D eigenvalue weighted by Gasteiger charge is -2.34. The highest BCUT2D eigenvalue weighted by Crippen LogP contribution is 2.21. The Balaban J connectivity index is 2.05. The average molecular weight is 219 g/mol. The van der Waals surface area contributed by atoms with Crippen molar-refractivity contribution >= 4 is 13.4 Å². The Morgan fingerprint density at radius 2 is 2.00 bits per heavy atom. The molecular formula is C11H16BN2O2. The van der Waals surface area contributed by atoms with E-state index in [4.69, 9.17) is 9.68 Å². The topological polar surface area (TPSA) is 35.9 Å². The molecule has 1 radical (unpaired) electrons. The Hall–Kier alpha value is -1.20. The lowest BCUT2D eigenvalue weighted by atomic mass is 10.2. The van der Waals surface area contributed by atoms with E-state index in [9.17, 15) is 0 Å². The number of hydrogen-bond acceptors (Lipinski definition) is 4. The first-order valence-corrected chi connectivity index (χ1v) is 5.46. The van der Waals surface area contributed by atoms with Crippen molar-refractivity contribution in [1.82, 2.24) is 4.90 Å². The van der Waals surface area contributed by atoms with Gasteiger partial charge in [0.05, 0.1) is 0 Å². The lowest BCUT2D eigenvalue weighted by molar-refractivity contribution is 0.313. The van der Waals surface area contributed by atoms with Crippen LogP contribution >= 0.6 is 0 Å². The molecule has 1 aliphatic rings. The van der Waals surface area contributed by atoms with Crippen molar-refractivity contribution in [3.8, 4) is 5.75 Å².